The second kappa shape index (κ2) is 7.34. The summed E-state index contributed by atoms with van der Waals surface area (Å²) in [5.41, 5.74) is 1.30. The number of carbonyl (C=O) groups excluding carboxylic acids is 1. The number of hydrogen-bond acceptors (Lipinski definition) is 7. The van der Waals surface area contributed by atoms with Crippen LogP contribution < -0.4 is 5.32 Å². The molecule has 2 unspecified atom stereocenters. The molecule has 5 rings (SSSR count). The Hall–Kier alpha value is -3.47. The Kier molecular flexibility index (Phi) is 4.62. The first-order valence-corrected chi connectivity index (χ1v) is 11.3. The van der Waals surface area contributed by atoms with Gasteiger partial charge in [0.25, 0.3) is 0 Å². The lowest BCUT2D eigenvalue weighted by atomic mass is 10.2. The summed E-state index contributed by atoms with van der Waals surface area (Å²) in [7, 11) is -2.57. The molecule has 1 aliphatic carbocycles. The first kappa shape index (κ1) is 19.5. The van der Waals surface area contributed by atoms with Gasteiger partial charge in [-0.15, -0.1) is 5.10 Å². The molecule has 1 saturated carbocycles. The van der Waals surface area contributed by atoms with Crippen molar-refractivity contribution < 1.29 is 17.9 Å². The molecule has 1 fully saturated rings. The molecule has 2 N–H and O–H groups in total. The largest absolute Gasteiger partial charge is 0.453 e. The van der Waals surface area contributed by atoms with Crippen molar-refractivity contribution in [3.63, 3.8) is 0 Å². The molecule has 1 amide bonds. The highest BCUT2D eigenvalue weighted by Gasteiger charge is 2.32. The van der Waals surface area contributed by atoms with E-state index >= 15 is 0 Å². The highest BCUT2D eigenvalue weighted by Crippen LogP contribution is 2.36. The van der Waals surface area contributed by atoms with Crippen LogP contribution in [-0.2, 0) is 14.6 Å². The monoisotopic (exact) mass is 440 g/mol. The second-order valence-electron chi connectivity index (χ2n) is 7.50. The number of hydrogen-bond donors (Lipinski definition) is 2. The Bertz CT molecular complexity index is 1380. The van der Waals surface area contributed by atoms with Crippen LogP contribution in [0.5, 0.6) is 0 Å². The Morgan fingerprint density at radius 2 is 2.03 bits per heavy atom. The summed E-state index contributed by atoms with van der Waals surface area (Å²) in [6, 6.07) is 9.90. The van der Waals surface area contributed by atoms with E-state index in [4.69, 9.17) is 0 Å². The van der Waals surface area contributed by atoms with Crippen LogP contribution in [0.1, 0.15) is 25.3 Å². The van der Waals surface area contributed by atoms with Gasteiger partial charge in [0.2, 0.25) is 9.84 Å². The number of rotatable bonds is 4. The third-order valence-electron chi connectivity index (χ3n) is 5.66. The van der Waals surface area contributed by atoms with Gasteiger partial charge in [0, 0.05) is 17.6 Å². The molecular weight excluding hydrogens is 420 g/mol. The fourth-order valence-corrected chi connectivity index (χ4v) is 5.52. The van der Waals surface area contributed by atoms with Crippen molar-refractivity contribution in [3.8, 4) is 0 Å². The van der Waals surface area contributed by atoms with Crippen LogP contribution in [-0.4, -0.2) is 52.6 Å². The van der Waals surface area contributed by atoms with Crippen molar-refractivity contribution in [3.05, 3.63) is 42.6 Å². The number of benzene rings is 1. The summed E-state index contributed by atoms with van der Waals surface area (Å²) in [5, 5.41) is 12.0. The molecule has 0 spiro atoms. The van der Waals surface area contributed by atoms with Crippen LogP contribution in [0.25, 0.3) is 22.1 Å². The molecule has 11 heteroatoms. The smallest absolute Gasteiger partial charge is 0.407 e. The number of ether oxygens (including phenoxy) is 1. The minimum absolute atomic E-state index is 0.0417. The molecule has 0 aliphatic heterocycles. The fraction of sp³-hybridized carbons (Fsp3) is 0.300. The zero-order valence-electron chi connectivity index (χ0n) is 16.6. The normalized spacial score (nSPS) is 19.1. The van der Waals surface area contributed by atoms with E-state index in [9.17, 15) is 13.2 Å². The van der Waals surface area contributed by atoms with Crippen LogP contribution >= 0.6 is 0 Å². The molecule has 3 aromatic heterocycles. The van der Waals surface area contributed by atoms with E-state index in [0.29, 0.717) is 17.6 Å². The van der Waals surface area contributed by atoms with Crippen molar-refractivity contribution in [1.82, 2.24) is 30.3 Å². The van der Waals surface area contributed by atoms with Gasteiger partial charge in [0.1, 0.15) is 11.2 Å². The Morgan fingerprint density at radius 3 is 2.81 bits per heavy atom. The van der Waals surface area contributed by atoms with Gasteiger partial charge < -0.3 is 15.0 Å². The van der Waals surface area contributed by atoms with Crippen LogP contribution in [0.15, 0.2) is 52.5 Å². The summed E-state index contributed by atoms with van der Waals surface area (Å²) >= 11 is 0. The highest BCUT2D eigenvalue weighted by atomic mass is 32.2. The van der Waals surface area contributed by atoms with E-state index in [1.54, 1.807) is 29.1 Å². The minimum Gasteiger partial charge on any atom is -0.453 e. The van der Waals surface area contributed by atoms with Gasteiger partial charge in [-0.3, -0.25) is 0 Å². The zero-order chi connectivity index (χ0) is 21.6. The Balaban J connectivity index is 1.63. The van der Waals surface area contributed by atoms with E-state index in [2.05, 4.69) is 30.3 Å². The maximum atomic E-state index is 13.3. The molecule has 160 valence electrons. The molecule has 1 aromatic carbocycles. The predicted octanol–water partition coefficient (Wildman–Crippen LogP) is 2.59. The molecule has 0 bridgehead atoms. The maximum absolute atomic E-state index is 13.3. The lowest BCUT2D eigenvalue weighted by Gasteiger charge is -2.14. The molecule has 1 aliphatic rings. The lowest BCUT2D eigenvalue weighted by molar-refractivity contribution is 0.166. The number of fused-ring (bicyclic) bond motifs is 3. The van der Waals surface area contributed by atoms with Crippen molar-refractivity contribution in [1.29, 1.82) is 0 Å². The van der Waals surface area contributed by atoms with Crippen molar-refractivity contribution in [2.75, 3.05) is 7.11 Å². The van der Waals surface area contributed by atoms with Gasteiger partial charge in [-0.1, -0.05) is 23.4 Å². The molecular formula is C20H20N6O4S. The minimum atomic E-state index is -3.90. The molecule has 2 atom stereocenters. The average molecular weight is 440 g/mol. The first-order valence-electron chi connectivity index (χ1n) is 9.85. The molecule has 0 saturated heterocycles. The predicted molar refractivity (Wildman–Crippen MR) is 111 cm³/mol. The van der Waals surface area contributed by atoms with Gasteiger partial charge in [-0.2, -0.15) is 0 Å². The summed E-state index contributed by atoms with van der Waals surface area (Å²) in [6.07, 6.45) is 3.41. The van der Waals surface area contributed by atoms with E-state index in [1.165, 1.54) is 19.2 Å². The molecule has 0 radical (unpaired) electrons. The topological polar surface area (TPSA) is 132 Å². The van der Waals surface area contributed by atoms with Gasteiger partial charge in [0.15, 0.2) is 10.5 Å². The van der Waals surface area contributed by atoms with Gasteiger partial charge in [0.05, 0.1) is 18.0 Å². The summed E-state index contributed by atoms with van der Waals surface area (Å²) < 4.78 is 33.1. The number of H-pyrrole nitrogens is 1. The zero-order valence-corrected chi connectivity index (χ0v) is 17.5. The Labute approximate surface area is 177 Å². The van der Waals surface area contributed by atoms with Crippen molar-refractivity contribution in [2.24, 2.45) is 0 Å². The van der Waals surface area contributed by atoms with Crippen molar-refractivity contribution >= 4 is 38.0 Å². The van der Waals surface area contributed by atoms with Crippen LogP contribution in [0.3, 0.4) is 0 Å². The molecule has 4 aromatic rings. The SMILES string of the molecule is COC(=O)NC1CCC(n2nnc3c(S(=O)(=O)c4ccccc4)nc4[nH]ccc4c32)C1. The molecule has 3 heterocycles. The van der Waals surface area contributed by atoms with Crippen molar-refractivity contribution in [2.45, 2.75) is 41.3 Å². The van der Waals surface area contributed by atoms with E-state index in [1.807, 2.05) is 6.07 Å². The number of nitrogens with zero attached hydrogens (tertiary/aromatic N) is 4. The lowest BCUT2D eigenvalue weighted by Crippen LogP contribution is -2.32. The molecule has 31 heavy (non-hydrogen) atoms. The van der Waals surface area contributed by atoms with E-state index in [0.717, 1.165) is 18.2 Å². The van der Waals surface area contributed by atoms with Crippen LogP contribution in [0.4, 0.5) is 4.79 Å². The Morgan fingerprint density at radius 1 is 1.23 bits per heavy atom. The third-order valence-corrected chi connectivity index (χ3v) is 7.34. The number of nitrogens with one attached hydrogen (secondary N) is 2. The van der Waals surface area contributed by atoms with Crippen LogP contribution in [0, 0.1) is 0 Å². The number of aromatic nitrogens is 5. The summed E-state index contributed by atoms with van der Waals surface area (Å²) in [5.74, 6) is 0. The summed E-state index contributed by atoms with van der Waals surface area (Å²) in [6.45, 7) is 0. The van der Waals surface area contributed by atoms with E-state index < -0.39 is 15.9 Å². The van der Waals surface area contributed by atoms with E-state index in [-0.39, 0.29) is 27.5 Å². The van der Waals surface area contributed by atoms with Crippen LogP contribution in [0.2, 0.25) is 0 Å². The number of sulfone groups is 1. The van der Waals surface area contributed by atoms with Gasteiger partial charge >= 0.3 is 6.09 Å². The quantitative estimate of drug-likeness (QED) is 0.498. The molecule has 10 nitrogen and oxygen atoms in total. The third kappa shape index (κ3) is 3.21. The summed E-state index contributed by atoms with van der Waals surface area (Å²) in [4.78, 5) is 19.1. The second-order valence-corrected chi connectivity index (χ2v) is 9.37. The first-order chi connectivity index (χ1) is 15.0. The number of pyridine rings is 1. The van der Waals surface area contributed by atoms with Gasteiger partial charge in [-0.25, -0.2) is 22.9 Å². The maximum Gasteiger partial charge on any atom is 0.407 e. The number of methoxy groups -OCH3 is 1. The number of aromatic amines is 1. The number of amides is 1. The number of alkyl carbamates (subject to hydrolysis) is 1. The fourth-order valence-electron chi connectivity index (χ4n) is 4.18. The number of carbonyl (C=O) groups is 1. The highest BCUT2D eigenvalue weighted by molar-refractivity contribution is 7.91. The average Bonchev–Trinajstić information content (AvgIpc) is 3.52. The standard InChI is InChI=1S/C20H20N6O4S/c1-30-20(27)22-12-7-8-13(11-12)26-17-15-9-10-21-18(15)23-19(16(17)24-25-26)31(28,29)14-5-3-2-4-6-14/h2-6,9-10,12-13H,7-8,11H2,1H3,(H,21,23)(H,22,27). The van der Waals surface area contributed by atoms with Gasteiger partial charge in [-0.05, 0) is 37.5 Å².